The van der Waals surface area contributed by atoms with E-state index in [9.17, 15) is 9.59 Å². The number of ether oxygens (including phenoxy) is 1. The molecule has 2 amide bonds. The van der Waals surface area contributed by atoms with Crippen molar-refractivity contribution < 1.29 is 18.9 Å². The molecule has 0 aliphatic heterocycles. The number of hydroxylamine groups is 1. The van der Waals surface area contributed by atoms with Gasteiger partial charge in [0.2, 0.25) is 8.32 Å². The Morgan fingerprint density at radius 3 is 2.37 bits per heavy atom. The third-order valence-corrected chi connectivity index (χ3v) is 3.87. The number of urea groups is 1. The lowest BCUT2D eigenvalue weighted by atomic mass is 10.4. The van der Waals surface area contributed by atoms with Crippen LogP contribution in [0.1, 0.15) is 6.92 Å². The Morgan fingerprint density at radius 2 is 1.95 bits per heavy atom. The first-order chi connectivity index (χ1) is 8.67. The number of nitrogens with zero attached hydrogens (tertiary/aromatic N) is 1. The Bertz CT molecular complexity index is 342. The van der Waals surface area contributed by atoms with Crippen LogP contribution in [0.25, 0.3) is 0 Å². The minimum absolute atomic E-state index is 0.128. The number of rotatable bonds is 7. The zero-order valence-electron chi connectivity index (χ0n) is 12.4. The minimum atomic E-state index is -1.78. The van der Waals surface area contributed by atoms with Gasteiger partial charge < -0.3 is 14.6 Å². The van der Waals surface area contributed by atoms with Crippen LogP contribution in [-0.4, -0.2) is 47.9 Å². The van der Waals surface area contributed by atoms with Crippen LogP contribution in [0.2, 0.25) is 26.2 Å². The van der Waals surface area contributed by atoms with Gasteiger partial charge in [-0.05, 0) is 26.6 Å². The molecule has 0 rings (SSSR count). The molecule has 19 heavy (non-hydrogen) atoms. The second-order valence-corrected chi connectivity index (χ2v) is 10.7. The van der Waals surface area contributed by atoms with Gasteiger partial charge in [0.1, 0.15) is 6.61 Å². The van der Waals surface area contributed by atoms with E-state index < -0.39 is 24.0 Å². The van der Waals surface area contributed by atoms with Crippen molar-refractivity contribution in [1.29, 1.82) is 0 Å². The summed E-state index contributed by atoms with van der Waals surface area (Å²) in [6.45, 7) is 13.5. The second-order valence-electron chi connectivity index (χ2n) is 5.05. The first-order valence-corrected chi connectivity index (χ1v) is 11.7. The molecule has 0 aromatic rings. The summed E-state index contributed by atoms with van der Waals surface area (Å²) in [6.07, 6.45) is 0. The predicted molar refractivity (Wildman–Crippen MR) is 79.8 cm³/mol. The Balaban J connectivity index is 4.02. The van der Waals surface area contributed by atoms with E-state index in [1.165, 1.54) is 4.73 Å². The summed E-state index contributed by atoms with van der Waals surface area (Å²) < 4.78 is 12.0. The van der Waals surface area contributed by atoms with Crippen molar-refractivity contribution in [2.24, 2.45) is 0 Å². The zero-order chi connectivity index (χ0) is 15.1. The van der Waals surface area contributed by atoms with E-state index in [4.69, 9.17) is 9.26 Å². The van der Waals surface area contributed by atoms with Crippen LogP contribution in [0.4, 0.5) is 4.79 Å². The molecule has 0 radical (unpaired) electrons. The molecule has 0 aliphatic rings. The quantitative estimate of drug-likeness (QED) is 0.251. The van der Waals surface area contributed by atoms with Gasteiger partial charge in [0.05, 0.1) is 6.54 Å². The molecule has 0 atom stereocenters. The van der Waals surface area contributed by atoms with E-state index in [0.29, 0.717) is 5.57 Å². The molecule has 110 valence electrons. The van der Waals surface area contributed by atoms with Crippen LogP contribution in [0.15, 0.2) is 12.2 Å². The molecule has 6 nitrogen and oxygen atoms in total. The summed E-state index contributed by atoms with van der Waals surface area (Å²) >= 11 is 0. The van der Waals surface area contributed by atoms with Crippen LogP contribution >= 0.6 is 0 Å². The normalized spacial score (nSPS) is 11.4. The smallest absolute Gasteiger partial charge is 0.333 e. The van der Waals surface area contributed by atoms with Crippen molar-refractivity contribution in [2.75, 3.05) is 13.2 Å². The van der Waals surface area contributed by atoms with Crippen LogP contribution < -0.4 is 5.32 Å². The largest absolute Gasteiger partial charge is 0.460 e. The molecule has 0 saturated heterocycles. The third-order valence-electron chi connectivity index (χ3n) is 1.86. The lowest BCUT2D eigenvalue weighted by Gasteiger charge is -2.28. The maximum absolute atomic E-state index is 11.8. The van der Waals surface area contributed by atoms with Gasteiger partial charge in [-0.3, -0.25) is 4.73 Å². The van der Waals surface area contributed by atoms with Crippen molar-refractivity contribution in [3.63, 3.8) is 0 Å². The Labute approximate surface area is 118 Å². The van der Waals surface area contributed by atoms with Crippen molar-refractivity contribution >= 4 is 30.0 Å². The highest BCUT2D eigenvalue weighted by atomic mass is 28.4. The number of hydrogen-bond acceptors (Lipinski definition) is 4. The van der Waals surface area contributed by atoms with E-state index in [0.717, 1.165) is 0 Å². The average Bonchev–Trinajstić information content (AvgIpc) is 2.29. The first-order valence-electron chi connectivity index (χ1n) is 6.24. The molecule has 0 aromatic heterocycles. The maximum Gasteiger partial charge on any atom is 0.333 e. The van der Waals surface area contributed by atoms with Gasteiger partial charge in [0.15, 0.2) is 9.68 Å². The molecule has 0 bridgehead atoms. The van der Waals surface area contributed by atoms with Gasteiger partial charge in [0.25, 0.3) is 0 Å². The molecule has 0 heterocycles. The van der Waals surface area contributed by atoms with Gasteiger partial charge in [0, 0.05) is 5.57 Å². The molecule has 0 saturated carbocycles. The van der Waals surface area contributed by atoms with Gasteiger partial charge in [-0.15, -0.1) is 0 Å². The lowest BCUT2D eigenvalue weighted by molar-refractivity contribution is -0.138. The number of amides is 2. The zero-order valence-corrected chi connectivity index (χ0v) is 14.8. The minimum Gasteiger partial charge on any atom is -0.460 e. The number of hydrogen-bond donors (Lipinski definition) is 1. The molecule has 0 aromatic carbocycles. The summed E-state index contributed by atoms with van der Waals surface area (Å²) in [5.74, 6) is -0.450. The summed E-state index contributed by atoms with van der Waals surface area (Å²) in [7, 11) is -2.53. The van der Waals surface area contributed by atoms with Gasteiger partial charge in [-0.25, -0.2) is 9.59 Å². The fourth-order valence-corrected chi connectivity index (χ4v) is 3.91. The highest BCUT2D eigenvalue weighted by molar-refractivity contribution is 6.70. The molecule has 1 N–H and O–H groups in total. The fourth-order valence-electron chi connectivity index (χ4n) is 1.09. The second kappa shape index (κ2) is 8.13. The van der Waals surface area contributed by atoms with E-state index in [1.54, 1.807) is 6.92 Å². The summed E-state index contributed by atoms with van der Waals surface area (Å²) in [4.78, 5) is 22.9. The Morgan fingerprint density at radius 1 is 1.37 bits per heavy atom. The van der Waals surface area contributed by atoms with Gasteiger partial charge in [-0.1, -0.05) is 13.1 Å². The third kappa shape index (κ3) is 8.57. The molecule has 0 fully saturated rings. The van der Waals surface area contributed by atoms with E-state index in [2.05, 4.69) is 11.9 Å². The van der Waals surface area contributed by atoms with Crippen molar-refractivity contribution in [2.45, 2.75) is 33.1 Å². The average molecular weight is 304 g/mol. The maximum atomic E-state index is 11.8. The SMILES string of the molecule is C=C(C)C(=O)OCCNC(=O)N(O[Si](C)(C)C)[SiH2]C. The van der Waals surface area contributed by atoms with Crippen molar-refractivity contribution in [3.8, 4) is 0 Å². The summed E-state index contributed by atoms with van der Waals surface area (Å²) in [5.41, 5.74) is 0.344. The van der Waals surface area contributed by atoms with Crippen LogP contribution in [0.5, 0.6) is 0 Å². The van der Waals surface area contributed by atoms with E-state index >= 15 is 0 Å². The number of esters is 1. The molecule has 0 unspecified atom stereocenters. The molecular weight excluding hydrogens is 280 g/mol. The molecule has 8 heteroatoms. The molecule has 0 aliphatic carbocycles. The number of carbonyl (C=O) groups is 2. The fraction of sp³-hybridized carbons (Fsp3) is 0.636. The molecular formula is C11H24N2O4Si2. The standard InChI is InChI=1S/C11H24N2O4Si2/c1-9(2)10(14)16-8-7-12-11(15)13(18-3)17-19(4,5)6/h1,7-8,18H2,2-6H3,(H,12,15). The van der Waals surface area contributed by atoms with Crippen LogP contribution in [0.3, 0.4) is 0 Å². The van der Waals surface area contributed by atoms with Crippen molar-refractivity contribution in [3.05, 3.63) is 12.2 Å². The highest BCUT2D eigenvalue weighted by Crippen LogP contribution is 2.05. The molecule has 0 spiro atoms. The Hall–Kier alpha value is -1.13. The predicted octanol–water partition coefficient (Wildman–Crippen LogP) is 1.02. The highest BCUT2D eigenvalue weighted by Gasteiger charge is 2.22. The lowest BCUT2D eigenvalue weighted by Crippen LogP contribution is -2.47. The monoisotopic (exact) mass is 304 g/mol. The first kappa shape index (κ1) is 17.9. The summed E-state index contributed by atoms with van der Waals surface area (Å²) in [5, 5.41) is 2.66. The van der Waals surface area contributed by atoms with Gasteiger partial charge >= 0.3 is 12.0 Å². The topological polar surface area (TPSA) is 67.9 Å². The summed E-state index contributed by atoms with van der Waals surface area (Å²) in [6, 6.07) is -0.261. The van der Waals surface area contributed by atoms with Gasteiger partial charge in [-0.2, -0.15) is 0 Å². The number of nitrogens with one attached hydrogen (secondary N) is 1. The van der Waals surface area contributed by atoms with E-state index in [1.807, 2.05) is 26.2 Å². The van der Waals surface area contributed by atoms with Crippen LogP contribution in [0, 0.1) is 0 Å². The van der Waals surface area contributed by atoms with Crippen molar-refractivity contribution in [1.82, 2.24) is 10.0 Å². The van der Waals surface area contributed by atoms with E-state index in [-0.39, 0.29) is 19.2 Å². The van der Waals surface area contributed by atoms with Crippen LogP contribution in [-0.2, 0) is 14.1 Å². The number of carbonyl (C=O) groups excluding carboxylic acids is 2. The Kier molecular flexibility index (Phi) is 7.64.